The van der Waals surface area contributed by atoms with Crippen LogP contribution in [0.25, 0.3) is 0 Å². The molecule has 1 heterocycles. The van der Waals surface area contributed by atoms with E-state index in [9.17, 15) is 18.3 Å². The van der Waals surface area contributed by atoms with Gasteiger partial charge < -0.3 is 10.4 Å². The van der Waals surface area contributed by atoms with Crippen LogP contribution in [0.1, 0.15) is 45.9 Å². The molecule has 0 bridgehead atoms. The molecule has 0 saturated carbocycles. The summed E-state index contributed by atoms with van der Waals surface area (Å²) in [5.41, 5.74) is 1.21. The first-order chi connectivity index (χ1) is 11.8. The van der Waals surface area contributed by atoms with Crippen molar-refractivity contribution in [3.63, 3.8) is 0 Å². The molecule has 8 heteroatoms. The highest BCUT2D eigenvalue weighted by molar-refractivity contribution is 7.93. The largest absolute Gasteiger partial charge is 0.508 e. The van der Waals surface area contributed by atoms with Crippen LogP contribution >= 0.6 is 11.3 Å². The number of sulfone groups is 1. The molecule has 0 unspecified atom stereocenters. The fraction of sp³-hybridized carbons (Fsp3) is 0.444. The van der Waals surface area contributed by atoms with Crippen molar-refractivity contribution >= 4 is 32.2 Å². The summed E-state index contributed by atoms with van der Waals surface area (Å²) in [4.78, 5) is 16.9. The Morgan fingerprint density at radius 3 is 2.31 bits per heavy atom. The van der Waals surface area contributed by atoms with Gasteiger partial charge in [0.25, 0.3) is 0 Å². The van der Waals surface area contributed by atoms with E-state index in [-0.39, 0.29) is 16.1 Å². The first kappa shape index (κ1) is 20.4. The van der Waals surface area contributed by atoms with Crippen LogP contribution in [0.2, 0.25) is 0 Å². The number of hydrogen-bond acceptors (Lipinski definition) is 6. The minimum atomic E-state index is -4.01. The van der Waals surface area contributed by atoms with Crippen molar-refractivity contribution < 1.29 is 18.3 Å². The first-order valence-corrected chi connectivity index (χ1v) is 10.4. The number of nitrogens with zero attached hydrogens (tertiary/aromatic N) is 1. The van der Waals surface area contributed by atoms with Gasteiger partial charge in [0.2, 0.25) is 5.91 Å². The molecule has 1 aromatic heterocycles. The van der Waals surface area contributed by atoms with Crippen molar-refractivity contribution in [2.24, 2.45) is 0 Å². The van der Waals surface area contributed by atoms with E-state index in [0.717, 1.165) is 5.69 Å². The van der Waals surface area contributed by atoms with Gasteiger partial charge in [0.05, 0.1) is 10.6 Å². The summed E-state index contributed by atoms with van der Waals surface area (Å²) >= 11 is 1.25. The van der Waals surface area contributed by atoms with Gasteiger partial charge >= 0.3 is 0 Å². The number of carbonyl (C=O) groups excluding carboxylic acids is 1. The number of nitrogens with one attached hydrogen (secondary N) is 1. The van der Waals surface area contributed by atoms with E-state index in [4.69, 9.17) is 0 Å². The molecule has 142 valence electrons. The molecule has 1 aromatic carbocycles. The summed E-state index contributed by atoms with van der Waals surface area (Å²) in [7, 11) is -4.01. The Morgan fingerprint density at radius 2 is 1.81 bits per heavy atom. The molecular formula is C18H24N2O4S2. The second kappa shape index (κ2) is 6.66. The predicted octanol–water partition coefficient (Wildman–Crippen LogP) is 3.65. The summed E-state index contributed by atoms with van der Waals surface area (Å²) in [6.07, 6.45) is 0. The first-order valence-electron chi connectivity index (χ1n) is 8.08. The zero-order chi connectivity index (χ0) is 19.9. The monoisotopic (exact) mass is 396 g/mol. The topological polar surface area (TPSA) is 96.4 Å². The summed E-state index contributed by atoms with van der Waals surface area (Å²) in [6, 6.07) is 4.06. The molecule has 26 heavy (non-hydrogen) atoms. The van der Waals surface area contributed by atoms with E-state index < -0.39 is 20.5 Å². The van der Waals surface area contributed by atoms with Crippen LogP contribution in [-0.2, 0) is 20.0 Å². The molecule has 2 aromatic rings. The van der Waals surface area contributed by atoms with E-state index in [2.05, 4.69) is 10.3 Å². The van der Waals surface area contributed by atoms with Crippen LogP contribution < -0.4 is 5.32 Å². The number of anilines is 1. The average molecular weight is 397 g/mol. The summed E-state index contributed by atoms with van der Waals surface area (Å²) in [5.74, 6) is -0.801. The highest BCUT2D eigenvalue weighted by Gasteiger charge is 2.43. The number of carbonyl (C=O) groups is 1. The van der Waals surface area contributed by atoms with Crippen LogP contribution in [0.15, 0.2) is 28.5 Å². The molecule has 6 nitrogen and oxygen atoms in total. The third-order valence-corrected chi connectivity index (χ3v) is 7.36. The highest BCUT2D eigenvalue weighted by Crippen LogP contribution is 2.31. The Morgan fingerprint density at radius 1 is 1.19 bits per heavy atom. The molecule has 0 aliphatic rings. The number of aryl methyl sites for hydroxylation is 1. The van der Waals surface area contributed by atoms with E-state index in [1.165, 1.54) is 43.4 Å². The lowest BCUT2D eigenvalue weighted by Crippen LogP contribution is -2.44. The Hall–Kier alpha value is -1.93. The van der Waals surface area contributed by atoms with Crippen molar-refractivity contribution in [3.05, 3.63) is 34.8 Å². The molecule has 0 saturated heterocycles. The summed E-state index contributed by atoms with van der Waals surface area (Å²) in [5, 5.41) is 14.6. The molecule has 0 aliphatic heterocycles. The fourth-order valence-electron chi connectivity index (χ4n) is 2.10. The smallest absolute Gasteiger partial charge is 0.247 e. The predicted molar refractivity (Wildman–Crippen MR) is 104 cm³/mol. The van der Waals surface area contributed by atoms with E-state index >= 15 is 0 Å². The van der Waals surface area contributed by atoms with Crippen molar-refractivity contribution in [1.82, 2.24) is 4.98 Å². The molecule has 0 spiro atoms. The minimum absolute atomic E-state index is 0.102. The van der Waals surface area contributed by atoms with Gasteiger partial charge in [-0.3, -0.25) is 4.79 Å². The third kappa shape index (κ3) is 3.76. The van der Waals surface area contributed by atoms with Gasteiger partial charge in [0.15, 0.2) is 15.0 Å². The third-order valence-electron chi connectivity index (χ3n) is 4.20. The maximum atomic E-state index is 12.9. The number of phenolic OH excluding ortho intramolecular Hbond substituents is 1. The van der Waals surface area contributed by atoms with E-state index in [1.807, 2.05) is 26.2 Å². The van der Waals surface area contributed by atoms with Crippen LogP contribution in [0.5, 0.6) is 5.75 Å². The maximum absolute atomic E-state index is 12.9. The Bertz CT molecular complexity index is 938. The number of benzene rings is 1. The number of rotatable bonds is 4. The number of aromatic nitrogens is 1. The van der Waals surface area contributed by atoms with Gasteiger partial charge in [-0.1, -0.05) is 26.8 Å². The van der Waals surface area contributed by atoms with Gasteiger partial charge in [0.1, 0.15) is 10.5 Å². The van der Waals surface area contributed by atoms with Crippen molar-refractivity contribution in [3.8, 4) is 5.75 Å². The quantitative estimate of drug-likeness (QED) is 0.822. The molecule has 0 radical (unpaired) electrons. The molecule has 0 aliphatic carbocycles. The standard InChI is InChI=1S/C18H24N2O4S2/c1-11-7-8-12(9-13(11)21)26(23,24)18(5,6)15(22)20-16-19-14(10-25-16)17(2,3)4/h7-10,21H,1-6H3,(H,19,20,22). The Labute approximate surface area is 158 Å². The molecule has 0 fully saturated rings. The second-order valence-electron chi connectivity index (χ2n) is 7.70. The molecule has 2 N–H and O–H groups in total. The average Bonchev–Trinajstić information content (AvgIpc) is 2.98. The summed E-state index contributed by atoms with van der Waals surface area (Å²) in [6.45, 7) is 10.4. The maximum Gasteiger partial charge on any atom is 0.247 e. The van der Waals surface area contributed by atoms with Gasteiger partial charge in [-0.05, 0) is 38.5 Å². The molecule has 0 atom stereocenters. The van der Waals surface area contributed by atoms with Gasteiger partial charge in [-0.25, -0.2) is 13.4 Å². The van der Waals surface area contributed by atoms with Gasteiger partial charge in [-0.15, -0.1) is 11.3 Å². The second-order valence-corrected chi connectivity index (χ2v) is 11.1. The Balaban J connectivity index is 2.31. The SMILES string of the molecule is Cc1ccc(S(=O)(=O)C(C)(C)C(=O)Nc2nc(C(C)(C)C)cs2)cc1O. The highest BCUT2D eigenvalue weighted by atomic mass is 32.2. The minimum Gasteiger partial charge on any atom is -0.508 e. The van der Waals surface area contributed by atoms with E-state index in [1.54, 1.807) is 6.92 Å². The lowest BCUT2D eigenvalue weighted by atomic mass is 9.93. The number of aromatic hydroxyl groups is 1. The van der Waals surface area contributed by atoms with Gasteiger partial charge in [0, 0.05) is 10.8 Å². The van der Waals surface area contributed by atoms with Crippen LogP contribution in [0.3, 0.4) is 0 Å². The van der Waals surface area contributed by atoms with E-state index in [0.29, 0.717) is 10.7 Å². The lowest BCUT2D eigenvalue weighted by Gasteiger charge is -2.23. The van der Waals surface area contributed by atoms with Crippen molar-refractivity contribution in [1.29, 1.82) is 0 Å². The van der Waals surface area contributed by atoms with Gasteiger partial charge in [-0.2, -0.15) is 0 Å². The van der Waals surface area contributed by atoms with Crippen molar-refractivity contribution in [2.45, 2.75) is 56.6 Å². The molecular weight excluding hydrogens is 372 g/mol. The normalized spacial score (nSPS) is 12.8. The van der Waals surface area contributed by atoms with Crippen molar-refractivity contribution in [2.75, 3.05) is 5.32 Å². The molecule has 2 rings (SSSR count). The fourth-order valence-corrected chi connectivity index (χ4v) is 4.43. The number of thiazole rings is 1. The molecule has 1 amide bonds. The Kier molecular flexibility index (Phi) is 5.22. The van der Waals surface area contributed by atoms with Crippen LogP contribution in [-0.4, -0.2) is 29.2 Å². The number of amides is 1. The number of hydrogen-bond donors (Lipinski definition) is 2. The lowest BCUT2D eigenvalue weighted by molar-refractivity contribution is -0.117. The summed E-state index contributed by atoms with van der Waals surface area (Å²) < 4.78 is 24.1. The van der Waals surface area contributed by atoms with Crippen LogP contribution in [0.4, 0.5) is 5.13 Å². The van der Waals surface area contributed by atoms with Crippen LogP contribution in [0, 0.1) is 6.92 Å². The zero-order valence-electron chi connectivity index (χ0n) is 15.7. The number of phenols is 1. The zero-order valence-corrected chi connectivity index (χ0v) is 17.4.